The van der Waals surface area contributed by atoms with Crippen LogP contribution in [0.25, 0.3) is 0 Å². The normalized spacial score (nSPS) is 20.2. The van der Waals surface area contributed by atoms with E-state index in [-0.39, 0.29) is 0 Å². The zero-order valence-corrected chi connectivity index (χ0v) is 12.9. The predicted molar refractivity (Wildman–Crippen MR) is 91.3 cm³/mol. The van der Waals surface area contributed by atoms with Crippen LogP contribution in [0.15, 0.2) is 47.4 Å². The highest BCUT2D eigenvalue weighted by Crippen LogP contribution is 2.41. The lowest BCUT2D eigenvalue weighted by Gasteiger charge is -2.34. The molecule has 0 bridgehead atoms. The number of hydrogen-bond donors (Lipinski definition) is 1. The standard InChI is InChI=1S/C18H20N2S/c19-16-7-3-8-17-15(16)6-4-10-20(17)11-13-12-21-18-9-2-1-5-14(13)18/h1-3,5,7-9,13H,4,6,10-12,19H2. The van der Waals surface area contributed by atoms with Crippen LogP contribution in [-0.4, -0.2) is 18.8 Å². The Kier molecular flexibility index (Phi) is 3.30. The lowest BCUT2D eigenvalue weighted by molar-refractivity contribution is 0.645. The summed E-state index contributed by atoms with van der Waals surface area (Å²) in [7, 11) is 0. The average Bonchev–Trinajstić information content (AvgIpc) is 2.92. The summed E-state index contributed by atoms with van der Waals surface area (Å²) in [4.78, 5) is 4.01. The van der Waals surface area contributed by atoms with E-state index in [1.54, 1.807) is 0 Å². The zero-order chi connectivity index (χ0) is 14.2. The van der Waals surface area contributed by atoms with Crippen molar-refractivity contribution in [2.24, 2.45) is 0 Å². The van der Waals surface area contributed by atoms with E-state index in [0.29, 0.717) is 5.92 Å². The second-order valence-electron chi connectivity index (χ2n) is 5.94. The molecule has 0 amide bonds. The average molecular weight is 296 g/mol. The minimum Gasteiger partial charge on any atom is -0.398 e. The highest BCUT2D eigenvalue weighted by atomic mass is 32.2. The van der Waals surface area contributed by atoms with E-state index in [1.807, 2.05) is 17.8 Å². The molecule has 21 heavy (non-hydrogen) atoms. The highest BCUT2D eigenvalue weighted by molar-refractivity contribution is 7.99. The Labute approximate surface area is 130 Å². The summed E-state index contributed by atoms with van der Waals surface area (Å²) in [5, 5.41) is 0. The minimum absolute atomic E-state index is 0.638. The molecule has 0 fully saturated rings. The van der Waals surface area contributed by atoms with E-state index < -0.39 is 0 Å². The molecule has 3 heteroatoms. The first-order chi connectivity index (χ1) is 10.3. The Morgan fingerprint density at radius 1 is 1.14 bits per heavy atom. The van der Waals surface area contributed by atoms with Gasteiger partial charge in [0.15, 0.2) is 0 Å². The molecule has 2 heterocycles. The van der Waals surface area contributed by atoms with Gasteiger partial charge in [0.25, 0.3) is 0 Å². The van der Waals surface area contributed by atoms with E-state index in [9.17, 15) is 0 Å². The van der Waals surface area contributed by atoms with Gasteiger partial charge in [-0.05, 0) is 42.2 Å². The molecule has 2 aliphatic rings. The fourth-order valence-corrected chi connectivity index (χ4v) is 4.81. The first-order valence-corrected chi connectivity index (χ1v) is 8.65. The maximum Gasteiger partial charge on any atom is 0.0419 e. The molecular weight excluding hydrogens is 276 g/mol. The molecule has 2 aliphatic heterocycles. The highest BCUT2D eigenvalue weighted by Gasteiger charge is 2.27. The Hall–Kier alpha value is -1.61. The van der Waals surface area contributed by atoms with Gasteiger partial charge >= 0.3 is 0 Å². The molecule has 4 rings (SSSR count). The number of hydrogen-bond acceptors (Lipinski definition) is 3. The van der Waals surface area contributed by atoms with Gasteiger partial charge in [-0.25, -0.2) is 0 Å². The molecule has 108 valence electrons. The zero-order valence-electron chi connectivity index (χ0n) is 12.1. The molecular formula is C18H20N2S. The SMILES string of the molecule is Nc1cccc2c1CCCN2CC1CSc2ccccc21. The number of nitrogens with zero attached hydrogens (tertiary/aromatic N) is 1. The third-order valence-corrected chi connectivity index (χ3v) is 5.87. The molecule has 0 saturated carbocycles. The largest absolute Gasteiger partial charge is 0.398 e. The predicted octanol–water partition coefficient (Wildman–Crippen LogP) is 3.91. The van der Waals surface area contributed by atoms with Gasteiger partial charge in [0.1, 0.15) is 0 Å². The van der Waals surface area contributed by atoms with Crippen molar-refractivity contribution in [1.82, 2.24) is 0 Å². The number of anilines is 2. The lowest BCUT2D eigenvalue weighted by Crippen LogP contribution is -2.33. The topological polar surface area (TPSA) is 29.3 Å². The van der Waals surface area contributed by atoms with E-state index in [0.717, 1.165) is 25.2 Å². The van der Waals surface area contributed by atoms with Crippen molar-refractivity contribution in [3.8, 4) is 0 Å². The smallest absolute Gasteiger partial charge is 0.0419 e. The van der Waals surface area contributed by atoms with Crippen LogP contribution in [0.3, 0.4) is 0 Å². The lowest BCUT2D eigenvalue weighted by atomic mass is 9.96. The van der Waals surface area contributed by atoms with E-state index >= 15 is 0 Å². The molecule has 0 spiro atoms. The van der Waals surface area contributed by atoms with Crippen LogP contribution in [0.1, 0.15) is 23.5 Å². The van der Waals surface area contributed by atoms with Gasteiger partial charge < -0.3 is 10.6 Å². The summed E-state index contributed by atoms with van der Waals surface area (Å²) < 4.78 is 0. The van der Waals surface area contributed by atoms with Crippen LogP contribution < -0.4 is 10.6 Å². The Morgan fingerprint density at radius 3 is 3.00 bits per heavy atom. The van der Waals surface area contributed by atoms with E-state index in [2.05, 4.69) is 41.3 Å². The second-order valence-corrected chi connectivity index (χ2v) is 7.00. The van der Waals surface area contributed by atoms with Gasteiger partial charge in [0, 0.05) is 41.0 Å². The number of fused-ring (bicyclic) bond motifs is 2. The monoisotopic (exact) mass is 296 g/mol. The molecule has 1 unspecified atom stereocenters. The van der Waals surface area contributed by atoms with Crippen molar-refractivity contribution in [2.45, 2.75) is 23.7 Å². The number of thioether (sulfide) groups is 1. The molecule has 0 aromatic heterocycles. The Bertz CT molecular complexity index is 668. The Morgan fingerprint density at radius 2 is 2.05 bits per heavy atom. The van der Waals surface area contributed by atoms with E-state index in [4.69, 9.17) is 5.73 Å². The first kappa shape index (κ1) is 13.1. The second kappa shape index (κ2) is 5.30. The number of rotatable bonds is 2. The number of nitrogens with two attached hydrogens (primary N) is 1. The van der Waals surface area contributed by atoms with Crippen LogP contribution in [0.5, 0.6) is 0 Å². The third-order valence-electron chi connectivity index (χ3n) is 4.62. The van der Waals surface area contributed by atoms with Crippen molar-refractivity contribution < 1.29 is 0 Å². The summed E-state index contributed by atoms with van der Waals surface area (Å²) >= 11 is 2.00. The molecule has 0 saturated heterocycles. The van der Waals surface area contributed by atoms with Gasteiger partial charge in [-0.15, -0.1) is 11.8 Å². The van der Waals surface area contributed by atoms with Crippen molar-refractivity contribution in [2.75, 3.05) is 29.5 Å². The fourth-order valence-electron chi connectivity index (χ4n) is 3.56. The molecule has 0 radical (unpaired) electrons. The molecule has 1 atom stereocenters. The van der Waals surface area contributed by atoms with Crippen LogP contribution in [0.4, 0.5) is 11.4 Å². The van der Waals surface area contributed by atoms with Crippen molar-refractivity contribution >= 4 is 23.1 Å². The van der Waals surface area contributed by atoms with Gasteiger partial charge in [-0.2, -0.15) is 0 Å². The summed E-state index contributed by atoms with van der Waals surface area (Å²) in [6.45, 7) is 2.26. The van der Waals surface area contributed by atoms with Gasteiger partial charge in [0.2, 0.25) is 0 Å². The Balaban J connectivity index is 1.62. The summed E-state index contributed by atoms with van der Waals surface area (Å²) in [6.07, 6.45) is 2.33. The van der Waals surface area contributed by atoms with Gasteiger partial charge in [-0.3, -0.25) is 0 Å². The van der Waals surface area contributed by atoms with E-state index in [1.165, 1.54) is 33.9 Å². The molecule has 2 aromatic rings. The molecule has 2 nitrogen and oxygen atoms in total. The number of benzene rings is 2. The maximum atomic E-state index is 6.16. The minimum atomic E-state index is 0.638. The number of nitrogen functional groups attached to an aromatic ring is 1. The quantitative estimate of drug-likeness (QED) is 0.852. The van der Waals surface area contributed by atoms with Gasteiger partial charge in [-0.1, -0.05) is 24.3 Å². The summed E-state index contributed by atoms with van der Waals surface area (Å²) in [5.41, 5.74) is 11.3. The first-order valence-electron chi connectivity index (χ1n) is 7.67. The maximum absolute atomic E-state index is 6.16. The third kappa shape index (κ3) is 2.30. The van der Waals surface area contributed by atoms with Gasteiger partial charge in [0.05, 0.1) is 0 Å². The fraction of sp³-hybridized carbons (Fsp3) is 0.333. The summed E-state index contributed by atoms with van der Waals surface area (Å²) in [5.74, 6) is 1.84. The summed E-state index contributed by atoms with van der Waals surface area (Å²) in [6, 6.07) is 15.2. The van der Waals surface area contributed by atoms with Crippen molar-refractivity contribution in [1.29, 1.82) is 0 Å². The molecule has 2 aromatic carbocycles. The molecule has 0 aliphatic carbocycles. The van der Waals surface area contributed by atoms with Crippen molar-refractivity contribution in [3.63, 3.8) is 0 Å². The van der Waals surface area contributed by atoms with Crippen LogP contribution >= 0.6 is 11.8 Å². The van der Waals surface area contributed by atoms with Crippen LogP contribution in [0.2, 0.25) is 0 Å². The van der Waals surface area contributed by atoms with Crippen LogP contribution in [0, 0.1) is 0 Å². The molecule has 2 N–H and O–H groups in total. The van der Waals surface area contributed by atoms with Crippen molar-refractivity contribution in [3.05, 3.63) is 53.6 Å². The van der Waals surface area contributed by atoms with Crippen LogP contribution in [-0.2, 0) is 6.42 Å².